The van der Waals surface area contributed by atoms with Gasteiger partial charge >= 0.3 is 12.2 Å². The molecule has 0 saturated heterocycles. The Bertz CT molecular complexity index is 1560. The van der Waals surface area contributed by atoms with Crippen LogP contribution in [-0.4, -0.2) is 56.1 Å². The Balaban J connectivity index is 1.46. The molecule has 3 aromatic carbocycles. The van der Waals surface area contributed by atoms with Crippen LogP contribution in [0.15, 0.2) is 65.4 Å². The van der Waals surface area contributed by atoms with Gasteiger partial charge in [0.15, 0.2) is 11.5 Å². The highest BCUT2D eigenvalue weighted by Crippen LogP contribution is 2.38. The number of rotatable bonds is 14. The number of hydrogen-bond acceptors (Lipinski definition) is 8. The van der Waals surface area contributed by atoms with Crippen LogP contribution in [0.4, 0.5) is 29.3 Å². The molecule has 14 heteroatoms. The Kier molecular flexibility index (Phi) is 11.6. The van der Waals surface area contributed by atoms with Gasteiger partial charge in [-0.1, -0.05) is 15.9 Å². The second-order valence-corrected chi connectivity index (χ2v) is 9.99. The lowest BCUT2D eigenvalue weighted by Gasteiger charge is -2.15. The number of fused-ring (bicyclic) bond motifs is 1. The van der Waals surface area contributed by atoms with Crippen molar-refractivity contribution in [2.75, 3.05) is 50.8 Å². The Morgan fingerprint density at radius 1 is 0.886 bits per heavy atom. The highest BCUT2D eigenvalue weighted by atomic mass is 79.9. The SMILES string of the molecule is CCOCCOc1cc2ncnc(Oc3ccc(NC(=O)Nc4ccc(Br)c(C(F)(F)F)c4)cc3)c2cc1OCCCOC. The highest BCUT2D eigenvalue weighted by molar-refractivity contribution is 9.10. The molecule has 0 fully saturated rings. The molecule has 234 valence electrons. The van der Waals surface area contributed by atoms with Gasteiger partial charge in [0.25, 0.3) is 0 Å². The van der Waals surface area contributed by atoms with Gasteiger partial charge in [0.1, 0.15) is 18.7 Å². The fraction of sp³-hybridized carbons (Fsp3) is 0.300. The molecule has 2 N–H and O–H groups in total. The number of carbonyl (C=O) groups is 1. The molecule has 0 aliphatic rings. The van der Waals surface area contributed by atoms with Crippen LogP contribution in [0.3, 0.4) is 0 Å². The van der Waals surface area contributed by atoms with E-state index in [2.05, 4.69) is 36.5 Å². The van der Waals surface area contributed by atoms with Crippen molar-refractivity contribution in [1.29, 1.82) is 0 Å². The monoisotopic (exact) mass is 678 g/mol. The first-order chi connectivity index (χ1) is 21.2. The number of halogens is 4. The van der Waals surface area contributed by atoms with Gasteiger partial charge in [-0.2, -0.15) is 13.2 Å². The van der Waals surface area contributed by atoms with Gasteiger partial charge in [0, 0.05) is 48.7 Å². The molecule has 0 aliphatic heterocycles. The van der Waals surface area contributed by atoms with Crippen LogP contribution in [0.2, 0.25) is 0 Å². The van der Waals surface area contributed by atoms with Crippen LogP contribution in [0.1, 0.15) is 18.9 Å². The minimum absolute atomic E-state index is 0.0153. The number of hydrogen-bond donors (Lipinski definition) is 2. The number of alkyl halides is 3. The number of aromatic nitrogens is 2. The predicted molar refractivity (Wildman–Crippen MR) is 162 cm³/mol. The first kappa shape index (κ1) is 32.8. The molecule has 2 amide bonds. The molecule has 0 radical (unpaired) electrons. The second-order valence-electron chi connectivity index (χ2n) is 9.13. The van der Waals surface area contributed by atoms with Gasteiger partial charge in [0.05, 0.1) is 29.7 Å². The lowest BCUT2D eigenvalue weighted by atomic mass is 10.2. The van der Waals surface area contributed by atoms with Crippen molar-refractivity contribution in [3.63, 3.8) is 0 Å². The molecule has 0 bridgehead atoms. The smallest absolute Gasteiger partial charge is 0.417 e. The average Bonchev–Trinajstić information content (AvgIpc) is 2.99. The summed E-state index contributed by atoms with van der Waals surface area (Å²) < 4.78 is 67.8. The number of nitrogens with one attached hydrogen (secondary N) is 2. The first-order valence-corrected chi connectivity index (χ1v) is 14.3. The van der Waals surface area contributed by atoms with E-state index in [4.69, 9.17) is 23.7 Å². The van der Waals surface area contributed by atoms with Crippen LogP contribution >= 0.6 is 15.9 Å². The summed E-state index contributed by atoms with van der Waals surface area (Å²) in [4.78, 5) is 21.1. The summed E-state index contributed by atoms with van der Waals surface area (Å²) in [5, 5.41) is 5.56. The van der Waals surface area contributed by atoms with Gasteiger partial charge in [-0.15, -0.1) is 0 Å². The third-order valence-electron chi connectivity index (χ3n) is 5.96. The molecule has 0 atom stereocenters. The molecule has 10 nitrogen and oxygen atoms in total. The molecule has 0 spiro atoms. The summed E-state index contributed by atoms with van der Waals surface area (Å²) in [6.45, 7) is 4.19. The molecule has 44 heavy (non-hydrogen) atoms. The summed E-state index contributed by atoms with van der Waals surface area (Å²) in [5.41, 5.74) is 0.0426. The quantitative estimate of drug-likeness (QED) is 0.131. The van der Waals surface area contributed by atoms with Crippen LogP contribution < -0.4 is 24.8 Å². The maximum atomic E-state index is 13.2. The third-order valence-corrected chi connectivity index (χ3v) is 6.65. The standard InChI is InChI=1S/C30H30BrF3N4O6/c1-3-41-13-14-43-27-17-25-22(16-26(27)42-12-4-11-40-2)28(36-18-35-25)44-21-8-5-19(6-9-21)37-29(39)38-20-7-10-24(31)23(15-20)30(32,33)34/h5-10,15-18H,3-4,11-14H2,1-2H3,(H2,37,38,39). The lowest BCUT2D eigenvalue weighted by Crippen LogP contribution is -2.19. The van der Waals surface area contributed by atoms with E-state index in [1.54, 1.807) is 43.5 Å². The van der Waals surface area contributed by atoms with E-state index < -0.39 is 17.8 Å². The van der Waals surface area contributed by atoms with Crippen molar-refractivity contribution in [2.24, 2.45) is 0 Å². The molecule has 4 rings (SSSR count). The van der Waals surface area contributed by atoms with E-state index in [1.807, 2.05) is 6.92 Å². The molecule has 0 saturated carbocycles. The van der Waals surface area contributed by atoms with Crippen molar-refractivity contribution in [2.45, 2.75) is 19.5 Å². The molecular formula is C30H30BrF3N4O6. The molecule has 0 aliphatic carbocycles. The highest BCUT2D eigenvalue weighted by Gasteiger charge is 2.33. The maximum absolute atomic E-state index is 13.2. The number of benzene rings is 3. The largest absolute Gasteiger partial charge is 0.490 e. The summed E-state index contributed by atoms with van der Waals surface area (Å²) in [6, 6.07) is 12.6. The molecule has 0 unspecified atom stereocenters. The van der Waals surface area contributed by atoms with E-state index >= 15 is 0 Å². The van der Waals surface area contributed by atoms with E-state index in [-0.39, 0.29) is 16.0 Å². The van der Waals surface area contributed by atoms with E-state index in [0.717, 1.165) is 6.07 Å². The minimum Gasteiger partial charge on any atom is -0.490 e. The average molecular weight is 679 g/mol. The number of methoxy groups -OCH3 is 1. The van der Waals surface area contributed by atoms with Gasteiger partial charge in [-0.25, -0.2) is 14.8 Å². The first-order valence-electron chi connectivity index (χ1n) is 13.5. The van der Waals surface area contributed by atoms with E-state index in [9.17, 15) is 18.0 Å². The van der Waals surface area contributed by atoms with Gasteiger partial charge in [-0.05, 0) is 55.5 Å². The number of ether oxygens (including phenoxy) is 5. The zero-order chi connectivity index (χ0) is 31.5. The second kappa shape index (κ2) is 15.5. The number of nitrogens with zero attached hydrogens (tertiary/aromatic N) is 2. The fourth-order valence-corrected chi connectivity index (χ4v) is 4.39. The van der Waals surface area contributed by atoms with Crippen molar-refractivity contribution >= 4 is 44.2 Å². The molecule has 4 aromatic rings. The molecular weight excluding hydrogens is 649 g/mol. The topological polar surface area (TPSA) is 113 Å². The molecule has 1 aromatic heterocycles. The van der Waals surface area contributed by atoms with Crippen LogP contribution in [-0.2, 0) is 15.7 Å². The van der Waals surface area contributed by atoms with Crippen LogP contribution in [0.25, 0.3) is 10.9 Å². The van der Waals surface area contributed by atoms with Gasteiger partial charge < -0.3 is 34.3 Å². The predicted octanol–water partition coefficient (Wildman–Crippen LogP) is 7.68. The van der Waals surface area contributed by atoms with Crippen molar-refractivity contribution in [3.05, 3.63) is 71.0 Å². The summed E-state index contributed by atoms with van der Waals surface area (Å²) >= 11 is 2.88. The van der Waals surface area contributed by atoms with Crippen molar-refractivity contribution in [3.8, 4) is 23.1 Å². The maximum Gasteiger partial charge on any atom is 0.417 e. The van der Waals surface area contributed by atoms with E-state index in [1.165, 1.54) is 18.5 Å². The number of urea groups is 1. The van der Waals surface area contributed by atoms with Gasteiger partial charge in [-0.3, -0.25) is 0 Å². The Morgan fingerprint density at radius 2 is 1.59 bits per heavy atom. The number of amides is 2. The van der Waals surface area contributed by atoms with Crippen LogP contribution in [0.5, 0.6) is 23.1 Å². The minimum atomic E-state index is -4.57. The zero-order valence-electron chi connectivity index (χ0n) is 23.9. The summed E-state index contributed by atoms with van der Waals surface area (Å²) in [7, 11) is 1.62. The zero-order valence-corrected chi connectivity index (χ0v) is 25.5. The van der Waals surface area contributed by atoms with Crippen LogP contribution in [0, 0.1) is 0 Å². The van der Waals surface area contributed by atoms with Crippen molar-refractivity contribution < 1.29 is 41.7 Å². The molecule has 1 heterocycles. The fourth-order valence-electron chi connectivity index (χ4n) is 3.92. The Hall–Kier alpha value is -4.14. The van der Waals surface area contributed by atoms with E-state index in [0.29, 0.717) is 73.3 Å². The number of anilines is 2. The Labute approximate surface area is 260 Å². The normalized spacial score (nSPS) is 11.3. The lowest BCUT2D eigenvalue weighted by molar-refractivity contribution is -0.138. The Morgan fingerprint density at radius 3 is 2.32 bits per heavy atom. The van der Waals surface area contributed by atoms with Crippen molar-refractivity contribution in [1.82, 2.24) is 9.97 Å². The number of carbonyl (C=O) groups excluding carboxylic acids is 1. The summed E-state index contributed by atoms with van der Waals surface area (Å²) in [6.07, 6.45) is -2.53. The summed E-state index contributed by atoms with van der Waals surface area (Å²) in [5.74, 6) is 1.68. The third kappa shape index (κ3) is 9.18. The van der Waals surface area contributed by atoms with Gasteiger partial charge in [0.2, 0.25) is 5.88 Å².